The first-order valence-corrected chi connectivity index (χ1v) is 6.37. The van der Waals surface area contributed by atoms with Crippen molar-refractivity contribution in [3.63, 3.8) is 0 Å². The van der Waals surface area contributed by atoms with E-state index in [1.807, 2.05) is 12.1 Å². The van der Waals surface area contributed by atoms with E-state index in [9.17, 15) is 4.79 Å². The SMILES string of the molecule is COc1cccc2c1ccn2CCCCC(=O)NN. The van der Waals surface area contributed by atoms with E-state index in [1.54, 1.807) is 7.11 Å². The molecule has 102 valence electrons. The Morgan fingerprint density at radius 3 is 2.95 bits per heavy atom. The van der Waals surface area contributed by atoms with Gasteiger partial charge in [-0.05, 0) is 31.0 Å². The van der Waals surface area contributed by atoms with Crippen molar-refractivity contribution in [3.8, 4) is 5.75 Å². The zero-order valence-electron chi connectivity index (χ0n) is 11.1. The highest BCUT2D eigenvalue weighted by Gasteiger charge is 2.05. The fraction of sp³-hybridized carbons (Fsp3) is 0.357. The highest BCUT2D eigenvalue weighted by atomic mass is 16.5. The summed E-state index contributed by atoms with van der Waals surface area (Å²) in [7, 11) is 1.68. The molecular weight excluding hydrogens is 242 g/mol. The van der Waals surface area contributed by atoms with E-state index < -0.39 is 0 Å². The van der Waals surface area contributed by atoms with Crippen molar-refractivity contribution in [2.45, 2.75) is 25.8 Å². The Morgan fingerprint density at radius 2 is 2.21 bits per heavy atom. The van der Waals surface area contributed by atoms with Gasteiger partial charge in [0.1, 0.15) is 5.75 Å². The quantitative estimate of drug-likeness (QED) is 0.360. The Labute approximate surface area is 112 Å². The van der Waals surface area contributed by atoms with Gasteiger partial charge in [0.15, 0.2) is 0 Å². The van der Waals surface area contributed by atoms with Crippen molar-refractivity contribution in [1.82, 2.24) is 9.99 Å². The summed E-state index contributed by atoms with van der Waals surface area (Å²) in [6, 6.07) is 8.07. The first-order chi connectivity index (χ1) is 9.26. The first-order valence-electron chi connectivity index (χ1n) is 6.37. The highest BCUT2D eigenvalue weighted by Crippen LogP contribution is 2.26. The van der Waals surface area contributed by atoms with Crippen molar-refractivity contribution in [1.29, 1.82) is 0 Å². The number of amides is 1. The number of carbonyl (C=O) groups excluding carboxylic acids is 1. The van der Waals surface area contributed by atoms with E-state index in [4.69, 9.17) is 10.6 Å². The predicted octanol–water partition coefficient (Wildman–Crippen LogP) is 1.81. The topological polar surface area (TPSA) is 69.3 Å². The van der Waals surface area contributed by atoms with E-state index in [1.165, 1.54) is 0 Å². The number of benzene rings is 1. The number of aryl methyl sites for hydroxylation is 1. The number of carbonyl (C=O) groups is 1. The molecule has 1 heterocycles. The average Bonchev–Trinajstić information content (AvgIpc) is 2.86. The number of hydrazine groups is 1. The summed E-state index contributed by atoms with van der Waals surface area (Å²) in [6.45, 7) is 0.883. The molecule has 1 aromatic carbocycles. The van der Waals surface area contributed by atoms with Crippen LogP contribution >= 0.6 is 0 Å². The number of unbranched alkanes of at least 4 members (excludes halogenated alkanes) is 1. The van der Waals surface area contributed by atoms with Crippen molar-refractivity contribution in [2.75, 3.05) is 7.11 Å². The summed E-state index contributed by atoms with van der Waals surface area (Å²) in [6.07, 6.45) is 4.29. The molecule has 3 N–H and O–H groups in total. The van der Waals surface area contributed by atoms with Crippen LogP contribution < -0.4 is 16.0 Å². The van der Waals surface area contributed by atoms with Crippen molar-refractivity contribution < 1.29 is 9.53 Å². The molecule has 5 heteroatoms. The summed E-state index contributed by atoms with van der Waals surface area (Å²) in [5.41, 5.74) is 3.30. The molecule has 0 saturated carbocycles. The molecule has 0 aliphatic rings. The normalized spacial score (nSPS) is 10.6. The fourth-order valence-electron chi connectivity index (χ4n) is 2.21. The lowest BCUT2D eigenvalue weighted by Crippen LogP contribution is -2.29. The molecule has 2 rings (SSSR count). The molecule has 19 heavy (non-hydrogen) atoms. The van der Waals surface area contributed by atoms with Crippen LogP contribution in [0.2, 0.25) is 0 Å². The van der Waals surface area contributed by atoms with E-state index >= 15 is 0 Å². The van der Waals surface area contributed by atoms with Gasteiger partial charge < -0.3 is 9.30 Å². The summed E-state index contributed by atoms with van der Waals surface area (Å²) in [5.74, 6) is 5.81. The number of ether oxygens (including phenoxy) is 1. The lowest BCUT2D eigenvalue weighted by molar-refractivity contribution is -0.121. The van der Waals surface area contributed by atoms with Crippen LogP contribution in [0.3, 0.4) is 0 Å². The zero-order valence-corrected chi connectivity index (χ0v) is 11.1. The number of hydrogen-bond acceptors (Lipinski definition) is 3. The number of rotatable bonds is 6. The van der Waals surface area contributed by atoms with Gasteiger partial charge in [-0.25, -0.2) is 5.84 Å². The number of methoxy groups -OCH3 is 1. The second-order valence-electron chi connectivity index (χ2n) is 4.43. The molecule has 0 aliphatic heterocycles. The molecule has 0 fully saturated rings. The number of nitrogens with zero attached hydrogens (tertiary/aromatic N) is 1. The van der Waals surface area contributed by atoms with Gasteiger partial charge in [0.2, 0.25) is 5.91 Å². The molecule has 0 radical (unpaired) electrons. The maximum atomic E-state index is 11.0. The summed E-state index contributed by atoms with van der Waals surface area (Å²) >= 11 is 0. The minimum Gasteiger partial charge on any atom is -0.496 e. The maximum Gasteiger partial charge on any atom is 0.233 e. The third-order valence-electron chi connectivity index (χ3n) is 3.21. The molecule has 5 nitrogen and oxygen atoms in total. The van der Waals surface area contributed by atoms with Crippen LogP contribution in [0.4, 0.5) is 0 Å². The molecule has 0 saturated heterocycles. The molecule has 0 aliphatic carbocycles. The molecule has 0 bridgehead atoms. The first kappa shape index (κ1) is 13.4. The van der Waals surface area contributed by atoms with Gasteiger partial charge in [0.25, 0.3) is 0 Å². The second-order valence-corrected chi connectivity index (χ2v) is 4.43. The van der Waals surface area contributed by atoms with Crippen molar-refractivity contribution >= 4 is 16.8 Å². The second kappa shape index (κ2) is 6.24. The highest BCUT2D eigenvalue weighted by molar-refractivity contribution is 5.86. The fourth-order valence-corrected chi connectivity index (χ4v) is 2.21. The molecule has 0 atom stereocenters. The molecule has 1 aromatic heterocycles. The van der Waals surface area contributed by atoms with E-state index in [0.29, 0.717) is 6.42 Å². The number of nitrogens with one attached hydrogen (secondary N) is 1. The maximum absolute atomic E-state index is 11.0. The van der Waals surface area contributed by atoms with Gasteiger partial charge >= 0.3 is 0 Å². The summed E-state index contributed by atoms with van der Waals surface area (Å²) < 4.78 is 7.51. The number of fused-ring (bicyclic) bond motifs is 1. The van der Waals surface area contributed by atoms with Gasteiger partial charge in [0, 0.05) is 24.5 Å². The average molecular weight is 261 g/mol. The van der Waals surface area contributed by atoms with Gasteiger partial charge in [0.05, 0.1) is 12.6 Å². The van der Waals surface area contributed by atoms with Crippen LogP contribution in [0.15, 0.2) is 30.5 Å². The monoisotopic (exact) mass is 261 g/mol. The third kappa shape index (κ3) is 3.06. The van der Waals surface area contributed by atoms with Crippen LogP contribution in [0.1, 0.15) is 19.3 Å². The van der Waals surface area contributed by atoms with Crippen molar-refractivity contribution in [3.05, 3.63) is 30.5 Å². The van der Waals surface area contributed by atoms with E-state index in [0.717, 1.165) is 36.0 Å². The Morgan fingerprint density at radius 1 is 1.37 bits per heavy atom. The van der Waals surface area contributed by atoms with Crippen molar-refractivity contribution in [2.24, 2.45) is 5.84 Å². The van der Waals surface area contributed by atoms with Gasteiger partial charge in [-0.2, -0.15) is 0 Å². The number of nitrogens with two attached hydrogens (primary N) is 1. The van der Waals surface area contributed by atoms with Gasteiger partial charge in [-0.1, -0.05) is 6.07 Å². The Hall–Kier alpha value is -2.01. The molecule has 0 spiro atoms. The lowest BCUT2D eigenvalue weighted by atomic mass is 10.2. The smallest absolute Gasteiger partial charge is 0.233 e. The number of aromatic nitrogens is 1. The Balaban J connectivity index is 2.00. The summed E-state index contributed by atoms with van der Waals surface area (Å²) in [5, 5.41) is 1.12. The summed E-state index contributed by atoms with van der Waals surface area (Å²) in [4.78, 5) is 11.0. The number of hydrogen-bond donors (Lipinski definition) is 2. The van der Waals surface area contributed by atoms with E-state index in [2.05, 4.69) is 28.3 Å². The van der Waals surface area contributed by atoms with Crippen LogP contribution in [-0.4, -0.2) is 17.6 Å². The minimum atomic E-state index is -0.112. The van der Waals surface area contributed by atoms with Crippen LogP contribution in [0.25, 0.3) is 10.9 Å². The van der Waals surface area contributed by atoms with Gasteiger partial charge in [-0.15, -0.1) is 0 Å². The van der Waals surface area contributed by atoms with Crippen LogP contribution in [-0.2, 0) is 11.3 Å². The van der Waals surface area contributed by atoms with Crippen LogP contribution in [0, 0.1) is 0 Å². The standard InChI is InChI=1S/C14H19N3O2/c1-19-13-6-4-5-12-11(13)8-10-17(12)9-3-2-7-14(18)16-15/h4-6,8,10H,2-3,7,9,15H2,1H3,(H,16,18). The Bertz CT molecular complexity index is 563. The lowest BCUT2D eigenvalue weighted by Gasteiger charge is -2.06. The molecule has 2 aromatic rings. The van der Waals surface area contributed by atoms with Crippen LogP contribution in [0.5, 0.6) is 5.75 Å². The molecular formula is C14H19N3O2. The Kier molecular flexibility index (Phi) is 4.41. The molecule has 0 unspecified atom stereocenters. The largest absolute Gasteiger partial charge is 0.496 e. The zero-order chi connectivity index (χ0) is 13.7. The third-order valence-corrected chi connectivity index (χ3v) is 3.21. The van der Waals surface area contributed by atoms with E-state index in [-0.39, 0.29) is 5.91 Å². The minimum absolute atomic E-state index is 0.112. The molecule has 1 amide bonds. The van der Waals surface area contributed by atoms with Gasteiger partial charge in [-0.3, -0.25) is 10.2 Å². The predicted molar refractivity (Wildman–Crippen MR) is 74.7 cm³/mol.